The highest BCUT2D eigenvalue weighted by Crippen LogP contribution is 2.30. The monoisotopic (exact) mass is 399 g/mol. The number of aryl methyl sites for hydroxylation is 1. The zero-order valence-electron chi connectivity index (χ0n) is 16.1. The summed E-state index contributed by atoms with van der Waals surface area (Å²) in [5.74, 6) is 0.0317. The van der Waals surface area contributed by atoms with E-state index >= 15 is 0 Å². The van der Waals surface area contributed by atoms with Crippen LogP contribution in [0.1, 0.15) is 51.5 Å². The Morgan fingerprint density at radius 1 is 1.18 bits per heavy atom. The summed E-state index contributed by atoms with van der Waals surface area (Å²) in [6, 6.07) is 8.79. The molecular formula is C20H21N3O4S. The zero-order valence-corrected chi connectivity index (χ0v) is 16.9. The number of nitrogens with one attached hydrogen (secondary N) is 1. The van der Waals surface area contributed by atoms with Crippen molar-refractivity contribution in [3.05, 3.63) is 57.7 Å². The number of carbonyl (C=O) groups is 2. The van der Waals surface area contributed by atoms with E-state index in [2.05, 4.69) is 15.3 Å². The van der Waals surface area contributed by atoms with E-state index in [1.54, 1.807) is 24.4 Å². The molecule has 0 radical (unpaired) electrons. The minimum atomic E-state index is -0.557. The molecule has 3 rings (SSSR count). The number of nitrogens with zero attached hydrogens (tertiary/aromatic N) is 2. The third-order valence-electron chi connectivity index (χ3n) is 4.17. The van der Waals surface area contributed by atoms with Crippen LogP contribution < -0.4 is 5.32 Å². The maximum atomic E-state index is 12.5. The molecule has 1 atom stereocenters. The molecule has 0 aliphatic carbocycles. The van der Waals surface area contributed by atoms with Gasteiger partial charge in [0, 0.05) is 10.9 Å². The quantitative estimate of drug-likeness (QED) is 0.629. The first kappa shape index (κ1) is 19.8. The molecule has 0 saturated carbocycles. The maximum Gasteiger partial charge on any atom is 0.360 e. The lowest BCUT2D eigenvalue weighted by atomic mass is 10.0. The van der Waals surface area contributed by atoms with E-state index in [0.717, 1.165) is 5.01 Å². The molecular weight excluding hydrogens is 378 g/mol. The third kappa shape index (κ3) is 4.12. The Balaban J connectivity index is 1.84. The van der Waals surface area contributed by atoms with Crippen molar-refractivity contribution in [2.75, 3.05) is 7.11 Å². The van der Waals surface area contributed by atoms with Gasteiger partial charge in [-0.05, 0) is 25.0 Å². The molecule has 0 aliphatic heterocycles. The molecule has 2 heterocycles. The second kappa shape index (κ2) is 8.35. The zero-order chi connectivity index (χ0) is 20.3. The Labute approximate surface area is 166 Å². The van der Waals surface area contributed by atoms with Crippen molar-refractivity contribution in [2.45, 2.75) is 26.8 Å². The number of methoxy groups -OCH3 is 1. The summed E-state index contributed by atoms with van der Waals surface area (Å²) in [6.45, 7) is 5.68. The summed E-state index contributed by atoms with van der Waals surface area (Å²) in [5.41, 5.74) is 1.23. The normalized spacial score (nSPS) is 12.0. The molecule has 28 heavy (non-hydrogen) atoms. The second-order valence-corrected chi connectivity index (χ2v) is 7.44. The van der Waals surface area contributed by atoms with Crippen molar-refractivity contribution in [1.82, 2.24) is 15.3 Å². The number of carbonyl (C=O) groups excluding carboxylic acids is 2. The number of oxazole rings is 1. The Hall–Kier alpha value is -3.00. The van der Waals surface area contributed by atoms with Gasteiger partial charge in [-0.1, -0.05) is 32.0 Å². The fraction of sp³-hybridized carbons (Fsp3) is 0.300. The number of ether oxygens (including phenoxy) is 1. The first-order valence-corrected chi connectivity index (χ1v) is 9.66. The molecule has 146 valence electrons. The number of hydrogen-bond donors (Lipinski definition) is 1. The minimum absolute atomic E-state index is 0.128. The fourth-order valence-corrected chi connectivity index (χ4v) is 3.66. The van der Waals surface area contributed by atoms with E-state index in [4.69, 9.17) is 9.15 Å². The van der Waals surface area contributed by atoms with Gasteiger partial charge in [0.1, 0.15) is 16.5 Å². The summed E-state index contributed by atoms with van der Waals surface area (Å²) >= 11 is 1.41. The van der Waals surface area contributed by atoms with Crippen LogP contribution >= 0.6 is 11.3 Å². The van der Waals surface area contributed by atoms with Crippen LogP contribution in [-0.4, -0.2) is 29.0 Å². The molecule has 3 aromatic rings. The van der Waals surface area contributed by atoms with Gasteiger partial charge in [0.2, 0.25) is 5.89 Å². The highest BCUT2D eigenvalue weighted by molar-refractivity contribution is 7.10. The highest BCUT2D eigenvalue weighted by atomic mass is 32.1. The van der Waals surface area contributed by atoms with E-state index in [-0.39, 0.29) is 29.5 Å². The van der Waals surface area contributed by atoms with Crippen molar-refractivity contribution in [2.24, 2.45) is 5.92 Å². The van der Waals surface area contributed by atoms with Gasteiger partial charge in [-0.25, -0.2) is 14.8 Å². The standard InChI is InChI=1S/C20H21N3O4S/c1-11(2)15(22-17(24)13-8-6-5-7-9-13)19-21-14(10-28-19)18-23-16(12(3)27-18)20(25)26-4/h5-11,15H,1-4H3,(H,22,24)/t15-/m0/s1. The Morgan fingerprint density at radius 2 is 1.89 bits per heavy atom. The van der Waals surface area contributed by atoms with Crippen molar-refractivity contribution in [1.29, 1.82) is 0 Å². The number of thiazole rings is 1. The van der Waals surface area contributed by atoms with Gasteiger partial charge >= 0.3 is 5.97 Å². The molecule has 0 bridgehead atoms. The maximum absolute atomic E-state index is 12.5. The van der Waals surface area contributed by atoms with Gasteiger partial charge in [-0.15, -0.1) is 11.3 Å². The molecule has 1 aromatic carbocycles. The van der Waals surface area contributed by atoms with Gasteiger partial charge < -0.3 is 14.5 Å². The summed E-state index contributed by atoms with van der Waals surface area (Å²) in [7, 11) is 1.29. The van der Waals surface area contributed by atoms with E-state index in [1.807, 2.05) is 32.0 Å². The molecule has 2 aromatic heterocycles. The first-order chi connectivity index (χ1) is 13.4. The fourth-order valence-electron chi connectivity index (χ4n) is 2.65. The van der Waals surface area contributed by atoms with Gasteiger partial charge in [-0.3, -0.25) is 4.79 Å². The number of rotatable bonds is 6. The van der Waals surface area contributed by atoms with Gasteiger partial charge in [-0.2, -0.15) is 0 Å². The highest BCUT2D eigenvalue weighted by Gasteiger charge is 2.25. The predicted octanol–water partition coefficient (Wildman–Crippen LogP) is 4.02. The summed E-state index contributed by atoms with van der Waals surface area (Å²) < 4.78 is 10.3. The van der Waals surface area contributed by atoms with Crippen molar-refractivity contribution >= 4 is 23.2 Å². The van der Waals surface area contributed by atoms with Crippen molar-refractivity contribution < 1.29 is 18.7 Å². The second-order valence-electron chi connectivity index (χ2n) is 6.55. The SMILES string of the molecule is COC(=O)c1nc(-c2csc([C@@H](NC(=O)c3ccccc3)C(C)C)n2)oc1C. The Bertz CT molecular complexity index is 979. The molecule has 0 aliphatic rings. The molecule has 1 N–H and O–H groups in total. The first-order valence-electron chi connectivity index (χ1n) is 8.78. The average molecular weight is 399 g/mol. The molecule has 0 spiro atoms. The van der Waals surface area contributed by atoms with Crippen molar-refractivity contribution in [3.8, 4) is 11.6 Å². The minimum Gasteiger partial charge on any atom is -0.464 e. The predicted molar refractivity (Wildman–Crippen MR) is 105 cm³/mol. The van der Waals surface area contributed by atoms with Gasteiger partial charge in [0.25, 0.3) is 5.91 Å². The van der Waals surface area contributed by atoms with E-state index < -0.39 is 5.97 Å². The van der Waals surface area contributed by atoms with Crippen LogP contribution in [0, 0.1) is 12.8 Å². The van der Waals surface area contributed by atoms with Gasteiger partial charge in [0.15, 0.2) is 5.69 Å². The van der Waals surface area contributed by atoms with Crippen LogP contribution in [0.15, 0.2) is 40.1 Å². The van der Waals surface area contributed by atoms with Crippen molar-refractivity contribution in [3.63, 3.8) is 0 Å². The molecule has 1 amide bonds. The molecule has 0 saturated heterocycles. The summed E-state index contributed by atoms with van der Waals surface area (Å²) in [5, 5.41) is 5.58. The van der Waals surface area contributed by atoms with Crippen LogP contribution in [-0.2, 0) is 4.74 Å². The number of amides is 1. The molecule has 8 heteroatoms. The lowest BCUT2D eigenvalue weighted by Crippen LogP contribution is -2.31. The van der Waals surface area contributed by atoms with Crippen LogP contribution in [0.5, 0.6) is 0 Å². The largest absolute Gasteiger partial charge is 0.464 e. The molecule has 0 fully saturated rings. The lowest BCUT2D eigenvalue weighted by molar-refractivity contribution is 0.0592. The summed E-state index contributed by atoms with van der Waals surface area (Å²) in [6.07, 6.45) is 0. The van der Waals surface area contributed by atoms with Crippen LogP contribution in [0.2, 0.25) is 0 Å². The van der Waals surface area contributed by atoms with Crippen LogP contribution in [0.3, 0.4) is 0 Å². The number of esters is 1. The Morgan fingerprint density at radius 3 is 2.54 bits per heavy atom. The van der Waals surface area contributed by atoms with E-state index in [9.17, 15) is 9.59 Å². The molecule has 0 unspecified atom stereocenters. The Kier molecular flexibility index (Phi) is 5.89. The smallest absolute Gasteiger partial charge is 0.360 e. The van der Waals surface area contributed by atoms with Gasteiger partial charge in [0.05, 0.1) is 13.2 Å². The third-order valence-corrected chi connectivity index (χ3v) is 5.10. The van der Waals surface area contributed by atoms with Crippen LogP contribution in [0.4, 0.5) is 0 Å². The number of hydrogen-bond acceptors (Lipinski definition) is 7. The summed E-state index contributed by atoms with van der Waals surface area (Å²) in [4.78, 5) is 33.1. The molecule has 7 nitrogen and oxygen atoms in total. The lowest BCUT2D eigenvalue weighted by Gasteiger charge is -2.20. The number of benzene rings is 1. The topological polar surface area (TPSA) is 94.3 Å². The van der Waals surface area contributed by atoms with Crippen LogP contribution in [0.25, 0.3) is 11.6 Å². The van der Waals surface area contributed by atoms with E-state index in [1.165, 1.54) is 18.4 Å². The average Bonchev–Trinajstić information content (AvgIpc) is 3.32. The number of aromatic nitrogens is 2. The van der Waals surface area contributed by atoms with E-state index in [0.29, 0.717) is 17.0 Å².